The number of benzene rings is 1. The molecule has 4 nitrogen and oxygen atoms in total. The van der Waals surface area contributed by atoms with Crippen LogP contribution in [-0.2, 0) is 9.53 Å². The van der Waals surface area contributed by atoms with Crippen molar-refractivity contribution in [1.82, 2.24) is 0 Å². The molecule has 86 valence electrons. The average molecular weight is 222 g/mol. The van der Waals surface area contributed by atoms with Gasteiger partial charge in [-0.15, -0.1) is 0 Å². The Kier molecular flexibility index (Phi) is 4.39. The monoisotopic (exact) mass is 222 g/mol. The molecular weight excluding hydrogens is 208 g/mol. The van der Waals surface area contributed by atoms with Gasteiger partial charge in [0, 0.05) is 5.56 Å². The fourth-order valence-corrected chi connectivity index (χ4v) is 1.16. The summed E-state index contributed by atoms with van der Waals surface area (Å²) in [6.45, 7) is 0. The van der Waals surface area contributed by atoms with Gasteiger partial charge in [0.25, 0.3) is 0 Å². The molecule has 1 N–H and O–H groups in total. The van der Waals surface area contributed by atoms with Crippen LogP contribution in [0.1, 0.15) is 12.0 Å². The van der Waals surface area contributed by atoms with Gasteiger partial charge in [-0.3, -0.25) is 4.79 Å². The first-order valence-electron chi connectivity index (χ1n) is 4.77. The van der Waals surface area contributed by atoms with Crippen LogP contribution in [0.15, 0.2) is 24.3 Å². The third kappa shape index (κ3) is 3.31. The first kappa shape index (κ1) is 12.1. The quantitative estimate of drug-likeness (QED) is 0.791. The molecule has 1 aromatic carbocycles. The van der Waals surface area contributed by atoms with E-state index >= 15 is 0 Å². The second kappa shape index (κ2) is 5.80. The summed E-state index contributed by atoms with van der Waals surface area (Å²) < 4.78 is 9.51. The van der Waals surface area contributed by atoms with Gasteiger partial charge in [0.2, 0.25) is 0 Å². The van der Waals surface area contributed by atoms with E-state index in [2.05, 4.69) is 4.74 Å². The number of phenolic OH excluding ortho intramolecular Hbond substituents is 1. The van der Waals surface area contributed by atoms with Crippen LogP contribution in [0.4, 0.5) is 0 Å². The summed E-state index contributed by atoms with van der Waals surface area (Å²) in [6, 6.07) is 4.88. The predicted molar refractivity (Wildman–Crippen MR) is 60.3 cm³/mol. The van der Waals surface area contributed by atoms with E-state index in [0.29, 0.717) is 11.3 Å². The second-order valence-electron chi connectivity index (χ2n) is 3.11. The normalized spacial score (nSPS) is 10.4. The Hall–Kier alpha value is -1.97. The van der Waals surface area contributed by atoms with E-state index in [1.54, 1.807) is 31.4 Å². The molecule has 0 aromatic heterocycles. The first-order chi connectivity index (χ1) is 7.67. The van der Waals surface area contributed by atoms with Gasteiger partial charge in [0.1, 0.15) is 11.5 Å². The maximum atomic E-state index is 10.8. The lowest BCUT2D eigenvalue weighted by atomic mass is 10.1. The number of ether oxygens (including phenoxy) is 2. The highest BCUT2D eigenvalue weighted by Crippen LogP contribution is 2.23. The molecule has 0 aliphatic carbocycles. The number of hydrogen-bond acceptors (Lipinski definition) is 4. The fraction of sp³-hybridized carbons (Fsp3) is 0.250. The molecular formula is C12H14O4. The Morgan fingerprint density at radius 3 is 2.81 bits per heavy atom. The van der Waals surface area contributed by atoms with Crippen molar-refractivity contribution in [3.05, 3.63) is 29.8 Å². The summed E-state index contributed by atoms with van der Waals surface area (Å²) in [4.78, 5) is 10.8. The third-order valence-corrected chi connectivity index (χ3v) is 2.04. The SMILES string of the molecule is COC(=O)CC=Cc1cc(OC)ccc1O. The molecule has 0 aliphatic heterocycles. The number of esters is 1. The number of carbonyl (C=O) groups is 1. The summed E-state index contributed by atoms with van der Waals surface area (Å²) in [5.41, 5.74) is 0.600. The lowest BCUT2D eigenvalue weighted by Gasteiger charge is -2.03. The van der Waals surface area contributed by atoms with E-state index < -0.39 is 0 Å². The summed E-state index contributed by atoms with van der Waals surface area (Å²) in [6.07, 6.45) is 3.45. The first-order valence-corrected chi connectivity index (χ1v) is 4.77. The molecule has 0 amide bonds. The van der Waals surface area contributed by atoms with Gasteiger partial charge in [-0.1, -0.05) is 12.2 Å². The van der Waals surface area contributed by atoms with Gasteiger partial charge in [-0.05, 0) is 18.2 Å². The van der Waals surface area contributed by atoms with Crippen LogP contribution in [0, 0.1) is 0 Å². The summed E-state index contributed by atoms with van der Waals surface area (Å²) in [5.74, 6) is 0.469. The molecule has 16 heavy (non-hydrogen) atoms. The lowest BCUT2D eigenvalue weighted by Crippen LogP contribution is -1.96. The molecule has 0 radical (unpaired) electrons. The van der Waals surface area contributed by atoms with Gasteiger partial charge >= 0.3 is 5.97 Å². The summed E-state index contributed by atoms with van der Waals surface area (Å²) in [7, 11) is 2.88. The molecule has 0 heterocycles. The smallest absolute Gasteiger partial charge is 0.309 e. The minimum absolute atomic E-state index is 0.141. The van der Waals surface area contributed by atoms with Crippen molar-refractivity contribution in [2.24, 2.45) is 0 Å². The van der Waals surface area contributed by atoms with Crippen molar-refractivity contribution >= 4 is 12.0 Å². The number of aromatic hydroxyl groups is 1. The Labute approximate surface area is 94.1 Å². The largest absolute Gasteiger partial charge is 0.507 e. The van der Waals surface area contributed by atoms with Crippen LogP contribution in [0.3, 0.4) is 0 Å². The molecule has 1 rings (SSSR count). The zero-order chi connectivity index (χ0) is 12.0. The van der Waals surface area contributed by atoms with E-state index in [9.17, 15) is 9.90 Å². The van der Waals surface area contributed by atoms with E-state index in [-0.39, 0.29) is 18.1 Å². The van der Waals surface area contributed by atoms with E-state index in [1.807, 2.05) is 0 Å². The number of hydrogen-bond donors (Lipinski definition) is 1. The zero-order valence-electron chi connectivity index (χ0n) is 9.27. The Morgan fingerprint density at radius 1 is 1.44 bits per heavy atom. The van der Waals surface area contributed by atoms with E-state index in [4.69, 9.17) is 4.74 Å². The maximum Gasteiger partial charge on any atom is 0.309 e. The molecule has 0 fully saturated rings. The Balaban J connectivity index is 2.75. The van der Waals surface area contributed by atoms with Crippen LogP contribution < -0.4 is 4.74 Å². The van der Waals surface area contributed by atoms with Gasteiger partial charge in [-0.2, -0.15) is 0 Å². The molecule has 0 saturated heterocycles. The Morgan fingerprint density at radius 2 is 2.19 bits per heavy atom. The van der Waals surface area contributed by atoms with Crippen LogP contribution in [0.5, 0.6) is 11.5 Å². The zero-order valence-corrected chi connectivity index (χ0v) is 9.27. The minimum atomic E-state index is -0.321. The van der Waals surface area contributed by atoms with Crippen LogP contribution in [-0.4, -0.2) is 25.3 Å². The number of rotatable bonds is 4. The molecule has 4 heteroatoms. The van der Waals surface area contributed by atoms with Crippen molar-refractivity contribution in [1.29, 1.82) is 0 Å². The third-order valence-electron chi connectivity index (χ3n) is 2.04. The average Bonchev–Trinajstić information content (AvgIpc) is 2.31. The molecule has 1 aromatic rings. The van der Waals surface area contributed by atoms with Gasteiger partial charge < -0.3 is 14.6 Å². The van der Waals surface area contributed by atoms with Crippen molar-refractivity contribution in [3.8, 4) is 11.5 Å². The van der Waals surface area contributed by atoms with Gasteiger partial charge in [-0.25, -0.2) is 0 Å². The number of phenols is 1. The van der Waals surface area contributed by atoms with Gasteiger partial charge in [0.05, 0.1) is 20.6 Å². The van der Waals surface area contributed by atoms with Crippen molar-refractivity contribution in [3.63, 3.8) is 0 Å². The second-order valence-corrected chi connectivity index (χ2v) is 3.11. The maximum absolute atomic E-state index is 10.8. The highest BCUT2D eigenvalue weighted by atomic mass is 16.5. The molecule has 0 spiro atoms. The van der Waals surface area contributed by atoms with Crippen LogP contribution >= 0.6 is 0 Å². The summed E-state index contributed by atoms with van der Waals surface area (Å²) >= 11 is 0. The predicted octanol–water partition coefficient (Wildman–Crippen LogP) is 1.98. The van der Waals surface area contributed by atoms with Crippen LogP contribution in [0.25, 0.3) is 6.08 Å². The highest BCUT2D eigenvalue weighted by Gasteiger charge is 2.00. The number of carbonyl (C=O) groups excluding carboxylic acids is 1. The standard InChI is InChI=1S/C12H14O4/c1-15-10-6-7-11(13)9(8-10)4-3-5-12(14)16-2/h3-4,6-8,13H,5H2,1-2H3. The summed E-state index contributed by atoms with van der Waals surface area (Å²) in [5, 5.41) is 9.53. The number of methoxy groups -OCH3 is 2. The van der Waals surface area contributed by atoms with Crippen molar-refractivity contribution < 1.29 is 19.4 Å². The fourth-order valence-electron chi connectivity index (χ4n) is 1.16. The molecule has 0 saturated carbocycles. The molecule has 0 unspecified atom stereocenters. The molecule has 0 aliphatic rings. The molecule has 0 bridgehead atoms. The van der Waals surface area contributed by atoms with E-state index in [1.165, 1.54) is 13.2 Å². The lowest BCUT2D eigenvalue weighted by molar-refractivity contribution is -0.139. The highest BCUT2D eigenvalue weighted by molar-refractivity contribution is 5.73. The van der Waals surface area contributed by atoms with Gasteiger partial charge in [0.15, 0.2) is 0 Å². The topological polar surface area (TPSA) is 55.8 Å². The van der Waals surface area contributed by atoms with Crippen LogP contribution in [0.2, 0.25) is 0 Å². The van der Waals surface area contributed by atoms with E-state index in [0.717, 1.165) is 0 Å². The van der Waals surface area contributed by atoms with Crippen molar-refractivity contribution in [2.75, 3.05) is 14.2 Å². The Bertz CT molecular complexity index is 396. The minimum Gasteiger partial charge on any atom is -0.507 e. The molecule has 0 atom stereocenters. The van der Waals surface area contributed by atoms with Crippen molar-refractivity contribution in [2.45, 2.75) is 6.42 Å².